The predicted molar refractivity (Wildman–Crippen MR) is 125 cm³/mol. The number of halogens is 1. The molecule has 2 aromatic rings. The van der Waals surface area contributed by atoms with E-state index < -0.39 is 11.9 Å². The minimum Gasteiger partial charge on any atom is -0.462 e. The van der Waals surface area contributed by atoms with E-state index in [4.69, 9.17) is 21.1 Å². The van der Waals surface area contributed by atoms with E-state index in [1.54, 1.807) is 49.4 Å². The smallest absolute Gasteiger partial charge is 0.344 e. The number of esters is 2. The molecule has 0 aromatic heterocycles. The second-order valence-electron chi connectivity index (χ2n) is 7.81. The van der Waals surface area contributed by atoms with E-state index in [1.807, 2.05) is 0 Å². The molecule has 0 N–H and O–H groups in total. The number of unbranched alkanes of at least 4 members (excludes halogenated alkanes) is 8. The van der Waals surface area contributed by atoms with Crippen molar-refractivity contribution in [3.05, 3.63) is 64.2 Å². The highest BCUT2D eigenvalue weighted by Crippen LogP contribution is 2.23. The van der Waals surface area contributed by atoms with Crippen molar-refractivity contribution in [2.45, 2.75) is 71.6 Å². The van der Waals surface area contributed by atoms with Gasteiger partial charge in [0.15, 0.2) is 0 Å². The van der Waals surface area contributed by atoms with Crippen LogP contribution in [0.3, 0.4) is 0 Å². The summed E-state index contributed by atoms with van der Waals surface area (Å²) in [6.45, 7) is 4.39. The zero-order chi connectivity index (χ0) is 22.5. The SMILES string of the molecule is CCCCCCCCCCCOC(=O)c1ccccc1C(=O)Oc1ccc(Cl)cc1C. The van der Waals surface area contributed by atoms with Gasteiger partial charge in [0.05, 0.1) is 17.7 Å². The average Bonchev–Trinajstić information content (AvgIpc) is 2.76. The number of hydrogen-bond donors (Lipinski definition) is 0. The standard InChI is InChI=1S/C26H33ClO4/c1-3-4-5-6-7-8-9-10-13-18-30-25(28)22-14-11-12-15-23(22)26(29)31-24-17-16-21(27)19-20(24)2/h11-12,14-17,19H,3-10,13,18H2,1-2H3. The van der Waals surface area contributed by atoms with Gasteiger partial charge in [0.2, 0.25) is 0 Å². The molecule has 5 heteroatoms. The summed E-state index contributed by atoms with van der Waals surface area (Å²) in [5.74, 6) is -0.687. The zero-order valence-electron chi connectivity index (χ0n) is 18.6. The Morgan fingerprint density at radius 3 is 2.00 bits per heavy atom. The van der Waals surface area contributed by atoms with E-state index in [9.17, 15) is 9.59 Å². The van der Waals surface area contributed by atoms with Crippen LogP contribution >= 0.6 is 11.6 Å². The molecule has 0 fully saturated rings. The van der Waals surface area contributed by atoms with Crippen LogP contribution in [0.5, 0.6) is 5.75 Å². The minimum absolute atomic E-state index is 0.189. The predicted octanol–water partition coefficient (Wildman–Crippen LogP) is 7.56. The third-order valence-corrected chi connectivity index (χ3v) is 5.42. The number of aryl methyl sites for hydroxylation is 1. The second-order valence-corrected chi connectivity index (χ2v) is 8.25. The zero-order valence-corrected chi connectivity index (χ0v) is 19.4. The molecule has 2 rings (SSSR count). The third kappa shape index (κ3) is 8.74. The van der Waals surface area contributed by atoms with Gasteiger partial charge < -0.3 is 9.47 Å². The molecule has 0 spiro atoms. The van der Waals surface area contributed by atoms with Crippen LogP contribution in [-0.2, 0) is 4.74 Å². The molecule has 0 saturated carbocycles. The van der Waals surface area contributed by atoms with Crippen molar-refractivity contribution in [2.75, 3.05) is 6.61 Å². The first-order chi connectivity index (χ1) is 15.0. The number of hydrogen-bond acceptors (Lipinski definition) is 4. The molecule has 2 aromatic carbocycles. The molecule has 31 heavy (non-hydrogen) atoms. The lowest BCUT2D eigenvalue weighted by atomic mass is 10.1. The summed E-state index contributed by atoms with van der Waals surface area (Å²) in [5.41, 5.74) is 1.15. The molecular formula is C26H33ClO4. The number of carbonyl (C=O) groups excluding carboxylic acids is 2. The molecule has 0 aliphatic rings. The van der Waals surface area contributed by atoms with Crippen LogP contribution < -0.4 is 4.74 Å². The summed E-state index contributed by atoms with van der Waals surface area (Å²) in [5, 5.41) is 0.567. The highest BCUT2D eigenvalue weighted by Gasteiger charge is 2.20. The fourth-order valence-electron chi connectivity index (χ4n) is 3.38. The monoisotopic (exact) mass is 444 g/mol. The van der Waals surface area contributed by atoms with Gasteiger partial charge in [-0.05, 0) is 49.2 Å². The maximum atomic E-state index is 12.7. The molecule has 0 amide bonds. The van der Waals surface area contributed by atoms with Crippen molar-refractivity contribution < 1.29 is 19.1 Å². The summed E-state index contributed by atoms with van der Waals surface area (Å²) >= 11 is 5.95. The van der Waals surface area contributed by atoms with Crippen LogP contribution in [0.2, 0.25) is 5.02 Å². The maximum absolute atomic E-state index is 12.7. The van der Waals surface area contributed by atoms with E-state index in [0.717, 1.165) is 24.8 Å². The Morgan fingerprint density at radius 1 is 0.806 bits per heavy atom. The first-order valence-corrected chi connectivity index (χ1v) is 11.6. The molecule has 168 valence electrons. The quantitative estimate of drug-likeness (QED) is 0.182. The fraction of sp³-hybridized carbons (Fsp3) is 0.462. The molecule has 0 bridgehead atoms. The van der Waals surface area contributed by atoms with Gasteiger partial charge in [-0.1, -0.05) is 82.0 Å². The van der Waals surface area contributed by atoms with Crippen LogP contribution in [-0.4, -0.2) is 18.5 Å². The average molecular weight is 445 g/mol. The van der Waals surface area contributed by atoms with E-state index in [1.165, 1.54) is 38.5 Å². The van der Waals surface area contributed by atoms with Gasteiger partial charge in [-0.15, -0.1) is 0 Å². The maximum Gasteiger partial charge on any atom is 0.344 e. The van der Waals surface area contributed by atoms with E-state index >= 15 is 0 Å². The van der Waals surface area contributed by atoms with Crippen LogP contribution in [0.15, 0.2) is 42.5 Å². The molecule has 0 atom stereocenters. The first-order valence-electron chi connectivity index (χ1n) is 11.3. The normalized spacial score (nSPS) is 10.7. The summed E-state index contributed by atoms with van der Waals surface area (Å²) in [6.07, 6.45) is 10.8. The molecular weight excluding hydrogens is 412 g/mol. The Hall–Kier alpha value is -2.33. The topological polar surface area (TPSA) is 52.6 Å². The fourth-order valence-corrected chi connectivity index (χ4v) is 3.60. The Balaban J connectivity index is 1.80. The summed E-state index contributed by atoms with van der Waals surface area (Å²) in [6, 6.07) is 11.6. The number of carbonyl (C=O) groups is 2. The second kappa shape index (κ2) is 13.9. The molecule has 0 radical (unpaired) electrons. The lowest BCUT2D eigenvalue weighted by Gasteiger charge is -2.11. The molecule has 0 heterocycles. The molecule has 0 saturated heterocycles. The van der Waals surface area contributed by atoms with Crippen LogP contribution in [0, 0.1) is 6.92 Å². The number of benzene rings is 2. The van der Waals surface area contributed by atoms with Crippen molar-refractivity contribution in [1.29, 1.82) is 0 Å². The van der Waals surface area contributed by atoms with Crippen molar-refractivity contribution in [3.8, 4) is 5.75 Å². The highest BCUT2D eigenvalue weighted by molar-refractivity contribution is 6.30. The molecule has 4 nitrogen and oxygen atoms in total. The van der Waals surface area contributed by atoms with Crippen molar-refractivity contribution in [2.24, 2.45) is 0 Å². The van der Waals surface area contributed by atoms with Crippen molar-refractivity contribution in [1.82, 2.24) is 0 Å². The Labute approximate surface area is 190 Å². The first kappa shape index (κ1) is 24.9. The Kier molecular flexibility index (Phi) is 11.2. The van der Waals surface area contributed by atoms with E-state index in [-0.39, 0.29) is 11.1 Å². The van der Waals surface area contributed by atoms with Crippen molar-refractivity contribution in [3.63, 3.8) is 0 Å². The van der Waals surface area contributed by atoms with E-state index in [0.29, 0.717) is 17.4 Å². The van der Waals surface area contributed by atoms with Crippen molar-refractivity contribution >= 4 is 23.5 Å². The van der Waals surface area contributed by atoms with Gasteiger partial charge in [0.25, 0.3) is 0 Å². The van der Waals surface area contributed by atoms with Crippen LogP contribution in [0.4, 0.5) is 0 Å². The Bertz CT molecular complexity index is 847. The van der Waals surface area contributed by atoms with Gasteiger partial charge in [0, 0.05) is 5.02 Å². The lowest BCUT2D eigenvalue weighted by molar-refractivity contribution is 0.0489. The van der Waals surface area contributed by atoms with E-state index in [2.05, 4.69) is 6.92 Å². The Morgan fingerprint density at radius 2 is 1.39 bits per heavy atom. The van der Waals surface area contributed by atoms with Gasteiger partial charge in [-0.3, -0.25) is 0 Å². The summed E-state index contributed by atoms with van der Waals surface area (Å²) in [4.78, 5) is 25.2. The van der Waals surface area contributed by atoms with Gasteiger partial charge >= 0.3 is 11.9 Å². The summed E-state index contributed by atoms with van der Waals surface area (Å²) in [7, 11) is 0. The largest absolute Gasteiger partial charge is 0.462 e. The van der Waals surface area contributed by atoms with Crippen LogP contribution in [0.1, 0.15) is 91.0 Å². The van der Waals surface area contributed by atoms with Crippen LogP contribution in [0.25, 0.3) is 0 Å². The molecule has 0 aliphatic heterocycles. The minimum atomic E-state index is -0.596. The lowest BCUT2D eigenvalue weighted by Crippen LogP contribution is -2.16. The van der Waals surface area contributed by atoms with Gasteiger partial charge in [0.1, 0.15) is 5.75 Å². The van der Waals surface area contributed by atoms with Gasteiger partial charge in [-0.25, -0.2) is 9.59 Å². The number of ether oxygens (including phenoxy) is 2. The van der Waals surface area contributed by atoms with Gasteiger partial charge in [-0.2, -0.15) is 0 Å². The molecule has 0 unspecified atom stereocenters. The summed E-state index contributed by atoms with van der Waals surface area (Å²) < 4.78 is 10.9. The molecule has 0 aliphatic carbocycles. The third-order valence-electron chi connectivity index (χ3n) is 5.19. The number of rotatable bonds is 13. The highest BCUT2D eigenvalue weighted by atomic mass is 35.5.